The molecule has 5 aromatic rings. The molecule has 0 fully saturated rings. The average molecular weight is 751 g/mol. The number of benzene rings is 3. The fourth-order valence-electron chi connectivity index (χ4n) is 3.47. The molecule has 0 saturated heterocycles. The Morgan fingerprint density at radius 1 is 0.562 bits per heavy atom. The van der Waals surface area contributed by atoms with Crippen molar-refractivity contribution in [2.45, 2.75) is 19.3 Å². The van der Waals surface area contributed by atoms with Crippen LogP contribution in [0.25, 0.3) is 0 Å². The lowest BCUT2D eigenvalue weighted by Crippen LogP contribution is -2.14. The summed E-state index contributed by atoms with van der Waals surface area (Å²) in [5.41, 5.74) is 8.65. The number of aliphatic carboxylic acids is 2. The third-order valence-corrected chi connectivity index (χ3v) is 7.22. The molecule has 0 radical (unpaired) electrons. The van der Waals surface area contributed by atoms with E-state index >= 15 is 0 Å². The second-order valence-corrected chi connectivity index (χ2v) is 11.4. The molecular weight excluding hydrogens is 722 g/mol. The molecule has 48 heavy (non-hydrogen) atoms. The predicted octanol–water partition coefficient (Wildman–Crippen LogP) is 8.82. The number of nitrogens with one attached hydrogen (secondary N) is 1. The van der Waals surface area contributed by atoms with Crippen molar-refractivity contribution in [1.29, 1.82) is 0 Å². The molecule has 9 nitrogen and oxygen atoms in total. The molecule has 1 amide bonds. The van der Waals surface area contributed by atoms with E-state index in [9.17, 15) is 14.4 Å². The third-order valence-electron chi connectivity index (χ3n) is 5.67. The predicted molar refractivity (Wildman–Crippen MR) is 192 cm³/mol. The second kappa shape index (κ2) is 21.5. The van der Waals surface area contributed by atoms with E-state index in [1.807, 2.05) is 18.2 Å². The number of carboxylic acids is 2. The smallest absolute Gasteiger partial charge is 0.307 e. The third kappa shape index (κ3) is 16.4. The number of carbonyl (C=O) groups is 3. The first-order valence-corrected chi connectivity index (χ1v) is 15.6. The van der Waals surface area contributed by atoms with Gasteiger partial charge in [0.25, 0.3) is 0 Å². The molecule has 0 aliphatic heterocycles. The van der Waals surface area contributed by atoms with Crippen molar-refractivity contribution < 1.29 is 24.6 Å². The van der Waals surface area contributed by atoms with Crippen LogP contribution in [-0.4, -0.2) is 38.0 Å². The highest BCUT2D eigenvalue weighted by Crippen LogP contribution is 2.17. The van der Waals surface area contributed by atoms with Crippen LogP contribution in [0.5, 0.6) is 0 Å². The lowest BCUT2D eigenvalue weighted by Gasteiger charge is -2.06. The van der Waals surface area contributed by atoms with Crippen LogP contribution < -0.4 is 11.1 Å². The monoisotopic (exact) mass is 748 g/mol. The first kappa shape index (κ1) is 39.8. The highest BCUT2D eigenvalue weighted by molar-refractivity contribution is 6.32. The quantitative estimate of drug-likeness (QED) is 0.120. The van der Waals surface area contributed by atoms with Gasteiger partial charge in [0.05, 0.1) is 43.0 Å². The molecule has 0 spiro atoms. The van der Waals surface area contributed by atoms with E-state index in [4.69, 9.17) is 74.0 Å². The van der Waals surface area contributed by atoms with Crippen molar-refractivity contribution in [3.8, 4) is 0 Å². The molecule has 0 aliphatic carbocycles. The highest BCUT2D eigenvalue weighted by atomic mass is 35.5. The Hall–Kier alpha value is -4.38. The van der Waals surface area contributed by atoms with E-state index in [0.29, 0.717) is 47.9 Å². The van der Waals surface area contributed by atoms with Gasteiger partial charge in [0.2, 0.25) is 5.91 Å². The normalized spacial score (nSPS) is 9.69. The van der Waals surface area contributed by atoms with Gasteiger partial charge in [0.1, 0.15) is 10.3 Å². The summed E-state index contributed by atoms with van der Waals surface area (Å²) in [6.07, 6.45) is 3.22. The summed E-state index contributed by atoms with van der Waals surface area (Å²) < 4.78 is 0. The number of amides is 1. The van der Waals surface area contributed by atoms with Gasteiger partial charge in [-0.15, -0.1) is 0 Å². The number of hydrogen-bond donors (Lipinski definition) is 4. The van der Waals surface area contributed by atoms with Crippen LogP contribution in [-0.2, 0) is 33.6 Å². The summed E-state index contributed by atoms with van der Waals surface area (Å²) in [6.45, 7) is 0. The number of carbonyl (C=O) groups excluding carboxylic acids is 1. The Morgan fingerprint density at radius 2 is 0.958 bits per heavy atom. The van der Waals surface area contributed by atoms with Gasteiger partial charge in [-0.25, -0.2) is 9.97 Å². The lowest BCUT2D eigenvalue weighted by molar-refractivity contribution is -0.137. The maximum atomic E-state index is 11.8. The molecule has 3 aromatic carbocycles. The van der Waals surface area contributed by atoms with Crippen molar-refractivity contribution >= 4 is 87.2 Å². The number of anilines is 2. The molecular formula is C34H29Cl5N4O5. The Morgan fingerprint density at radius 3 is 1.29 bits per heavy atom. The SMILES string of the molecule is Nc1ccc(Cl)nc1.O=C(Cc1ccccc1Cl)Nc1ccc(Cl)nc1.O=C(O)Cc1ccccc1Cl.O=C(O)Cc1ccccc1Cl. The zero-order valence-electron chi connectivity index (χ0n) is 25.0. The van der Waals surface area contributed by atoms with E-state index in [1.54, 1.807) is 78.9 Å². The molecule has 0 atom stereocenters. The molecule has 0 aliphatic rings. The van der Waals surface area contributed by atoms with Crippen molar-refractivity contribution in [3.63, 3.8) is 0 Å². The molecule has 2 aromatic heterocycles. The number of nitrogens with two attached hydrogens (primary N) is 1. The Kier molecular flexibility index (Phi) is 17.8. The van der Waals surface area contributed by atoms with E-state index < -0.39 is 11.9 Å². The molecule has 14 heteroatoms. The van der Waals surface area contributed by atoms with Crippen molar-refractivity contribution in [1.82, 2.24) is 9.97 Å². The van der Waals surface area contributed by atoms with Crippen LogP contribution in [0, 0.1) is 0 Å². The summed E-state index contributed by atoms with van der Waals surface area (Å²) >= 11 is 28.5. The summed E-state index contributed by atoms with van der Waals surface area (Å²) in [6, 6.07) is 27.8. The number of pyridine rings is 2. The molecule has 0 saturated carbocycles. The number of halogens is 5. The molecule has 0 bridgehead atoms. The Balaban J connectivity index is 0.000000233. The van der Waals surface area contributed by atoms with Crippen LogP contribution in [0.15, 0.2) is 109 Å². The van der Waals surface area contributed by atoms with Gasteiger partial charge in [-0.3, -0.25) is 14.4 Å². The Bertz CT molecular complexity index is 1700. The molecule has 0 unspecified atom stereocenters. The van der Waals surface area contributed by atoms with Gasteiger partial charge in [-0.2, -0.15) is 0 Å². The number of nitrogen functional groups attached to an aromatic ring is 1. The number of aromatic nitrogens is 2. The van der Waals surface area contributed by atoms with Crippen molar-refractivity contribution in [2.75, 3.05) is 11.1 Å². The standard InChI is InChI=1S/C13H10Cl2N2O.2C8H7ClO2.C5H5ClN2/c14-11-4-2-1-3-9(11)7-13(18)17-10-5-6-12(15)16-8-10;2*9-7-4-2-1-3-6(7)5-8(10)11;6-5-2-1-4(7)3-8-5/h1-6,8H,7H2,(H,17,18);2*1-4H,5H2,(H,10,11);1-3H,7H2. The topological polar surface area (TPSA) is 156 Å². The fourth-order valence-corrected chi connectivity index (χ4v) is 4.30. The van der Waals surface area contributed by atoms with Gasteiger partial charge < -0.3 is 21.3 Å². The van der Waals surface area contributed by atoms with Crippen molar-refractivity contribution in [2.24, 2.45) is 0 Å². The van der Waals surface area contributed by atoms with Gasteiger partial charge in [-0.05, 0) is 59.2 Å². The minimum Gasteiger partial charge on any atom is -0.481 e. The largest absolute Gasteiger partial charge is 0.481 e. The summed E-state index contributed by atoms with van der Waals surface area (Å²) in [7, 11) is 0. The molecule has 250 valence electrons. The highest BCUT2D eigenvalue weighted by Gasteiger charge is 2.07. The first-order valence-electron chi connectivity index (χ1n) is 13.8. The maximum absolute atomic E-state index is 11.8. The van der Waals surface area contributed by atoms with Crippen LogP contribution in [0.2, 0.25) is 25.4 Å². The van der Waals surface area contributed by atoms with Crippen LogP contribution in [0.4, 0.5) is 11.4 Å². The number of nitrogens with zero attached hydrogens (tertiary/aromatic N) is 2. The number of hydrogen-bond acceptors (Lipinski definition) is 6. The molecule has 5 rings (SSSR count). The first-order chi connectivity index (χ1) is 22.8. The van der Waals surface area contributed by atoms with Crippen LogP contribution in [0.3, 0.4) is 0 Å². The second-order valence-electron chi connectivity index (χ2n) is 9.42. The summed E-state index contributed by atoms with van der Waals surface area (Å²) in [4.78, 5) is 39.9. The minimum atomic E-state index is -0.863. The number of rotatable bonds is 7. The van der Waals surface area contributed by atoms with E-state index in [2.05, 4.69) is 15.3 Å². The van der Waals surface area contributed by atoms with Crippen molar-refractivity contribution in [3.05, 3.63) is 152 Å². The average Bonchev–Trinajstić information content (AvgIpc) is 3.04. The maximum Gasteiger partial charge on any atom is 0.307 e. The lowest BCUT2D eigenvalue weighted by atomic mass is 10.1. The van der Waals surface area contributed by atoms with E-state index in [1.165, 1.54) is 12.4 Å². The molecule has 5 N–H and O–H groups in total. The van der Waals surface area contributed by atoms with Crippen LogP contribution >= 0.6 is 58.0 Å². The van der Waals surface area contributed by atoms with E-state index in [-0.39, 0.29) is 25.2 Å². The van der Waals surface area contributed by atoms with Gasteiger partial charge in [-0.1, -0.05) is 113 Å². The summed E-state index contributed by atoms with van der Waals surface area (Å²) in [5, 5.41) is 22.1. The fraction of sp³-hybridized carbons (Fsp3) is 0.0882. The number of carboxylic acid groups (broad SMARTS) is 2. The summed E-state index contributed by atoms with van der Waals surface area (Å²) in [5.74, 6) is -1.87. The zero-order chi connectivity index (χ0) is 35.5. The van der Waals surface area contributed by atoms with E-state index in [0.717, 1.165) is 5.56 Å². The van der Waals surface area contributed by atoms with Gasteiger partial charge in [0.15, 0.2) is 0 Å². The van der Waals surface area contributed by atoms with Gasteiger partial charge >= 0.3 is 11.9 Å². The zero-order valence-corrected chi connectivity index (χ0v) is 28.8. The molecule has 2 heterocycles. The van der Waals surface area contributed by atoms with Crippen LogP contribution in [0.1, 0.15) is 16.7 Å². The Labute approximate surface area is 302 Å². The minimum absolute atomic E-state index is 0.0142. The van der Waals surface area contributed by atoms with Gasteiger partial charge in [0, 0.05) is 15.1 Å².